The molecule has 25 heavy (non-hydrogen) atoms. The first-order chi connectivity index (χ1) is 12.1. The van der Waals surface area contributed by atoms with Crippen LogP contribution in [0.25, 0.3) is 0 Å². The van der Waals surface area contributed by atoms with E-state index >= 15 is 0 Å². The highest BCUT2D eigenvalue weighted by atomic mass is 35.5. The maximum Gasteiger partial charge on any atom is 0.257 e. The molecule has 0 fully saturated rings. The van der Waals surface area contributed by atoms with E-state index in [9.17, 15) is 4.79 Å². The van der Waals surface area contributed by atoms with Gasteiger partial charge in [-0.25, -0.2) is 0 Å². The summed E-state index contributed by atoms with van der Waals surface area (Å²) in [6, 6.07) is 19.0. The van der Waals surface area contributed by atoms with Gasteiger partial charge in [-0.2, -0.15) is 0 Å². The Morgan fingerprint density at radius 2 is 1.72 bits per heavy atom. The molecule has 0 saturated heterocycles. The Morgan fingerprint density at radius 1 is 1.00 bits per heavy atom. The van der Waals surface area contributed by atoms with Crippen LogP contribution in [0.4, 0.5) is 11.4 Å². The minimum absolute atomic E-state index is 0.109. The first-order valence-corrected chi connectivity index (χ1v) is 8.33. The van der Waals surface area contributed by atoms with Crippen LogP contribution in [0.3, 0.4) is 0 Å². The zero-order valence-corrected chi connectivity index (χ0v) is 14.5. The predicted molar refractivity (Wildman–Crippen MR) is 102 cm³/mol. The van der Waals surface area contributed by atoms with Crippen LogP contribution in [-0.4, -0.2) is 10.9 Å². The lowest BCUT2D eigenvalue weighted by Crippen LogP contribution is -2.13. The van der Waals surface area contributed by atoms with E-state index < -0.39 is 0 Å². The largest absolute Gasteiger partial charge is 0.377 e. The van der Waals surface area contributed by atoms with Crippen molar-refractivity contribution in [3.63, 3.8) is 0 Å². The average Bonchev–Trinajstić information content (AvgIpc) is 2.64. The summed E-state index contributed by atoms with van der Waals surface area (Å²) in [6.45, 7) is 2.07. The fourth-order valence-corrected chi connectivity index (χ4v) is 2.58. The monoisotopic (exact) mass is 351 g/mol. The fourth-order valence-electron chi connectivity index (χ4n) is 2.45. The second-order valence-electron chi connectivity index (χ2n) is 5.70. The summed E-state index contributed by atoms with van der Waals surface area (Å²) in [5, 5.41) is 6.82. The van der Waals surface area contributed by atoms with Gasteiger partial charge >= 0.3 is 0 Å². The third kappa shape index (κ3) is 4.58. The number of hydrogen-bond acceptors (Lipinski definition) is 3. The Hall–Kier alpha value is -2.85. The molecule has 0 radical (unpaired) electrons. The first-order valence-electron chi connectivity index (χ1n) is 7.95. The molecule has 3 aromatic rings. The van der Waals surface area contributed by atoms with Gasteiger partial charge in [-0.15, -0.1) is 0 Å². The molecule has 126 valence electrons. The SMILES string of the molecule is CC(Nc1cncc(C(=O)Nc2ccc(Cl)cc2)c1)c1ccccc1. The number of benzene rings is 2. The van der Waals surface area contributed by atoms with Crippen LogP contribution in [-0.2, 0) is 0 Å². The molecule has 5 heteroatoms. The number of amides is 1. The highest BCUT2D eigenvalue weighted by molar-refractivity contribution is 6.30. The molecule has 1 unspecified atom stereocenters. The topological polar surface area (TPSA) is 54.0 Å². The Kier molecular flexibility index (Phi) is 5.31. The number of pyridine rings is 1. The van der Waals surface area contributed by atoms with Gasteiger partial charge in [0, 0.05) is 29.1 Å². The summed E-state index contributed by atoms with van der Waals surface area (Å²) in [7, 11) is 0. The molecule has 0 aliphatic rings. The number of nitrogens with zero attached hydrogens (tertiary/aromatic N) is 1. The van der Waals surface area contributed by atoms with Crippen molar-refractivity contribution >= 4 is 28.9 Å². The van der Waals surface area contributed by atoms with E-state index in [1.54, 1.807) is 42.7 Å². The van der Waals surface area contributed by atoms with Crippen molar-refractivity contribution in [1.29, 1.82) is 0 Å². The van der Waals surface area contributed by atoms with Gasteiger partial charge in [0.25, 0.3) is 5.91 Å². The number of aromatic nitrogens is 1. The summed E-state index contributed by atoms with van der Waals surface area (Å²) >= 11 is 5.85. The summed E-state index contributed by atoms with van der Waals surface area (Å²) in [5.74, 6) is -0.217. The van der Waals surface area contributed by atoms with Crippen LogP contribution in [0.2, 0.25) is 5.02 Å². The van der Waals surface area contributed by atoms with E-state index in [4.69, 9.17) is 11.6 Å². The van der Waals surface area contributed by atoms with Gasteiger partial charge < -0.3 is 10.6 Å². The van der Waals surface area contributed by atoms with Crippen molar-refractivity contribution < 1.29 is 4.79 Å². The van der Waals surface area contributed by atoms with Crippen LogP contribution < -0.4 is 10.6 Å². The number of rotatable bonds is 5. The zero-order valence-electron chi connectivity index (χ0n) is 13.7. The van der Waals surface area contributed by atoms with E-state index in [-0.39, 0.29) is 11.9 Å². The molecule has 1 atom stereocenters. The summed E-state index contributed by atoms with van der Waals surface area (Å²) in [5.41, 5.74) is 3.13. The smallest absolute Gasteiger partial charge is 0.257 e. The third-order valence-corrected chi connectivity index (χ3v) is 4.04. The lowest BCUT2D eigenvalue weighted by Gasteiger charge is -2.16. The molecule has 0 aliphatic heterocycles. The molecule has 0 aliphatic carbocycles. The van der Waals surface area contributed by atoms with Crippen LogP contribution in [0.1, 0.15) is 28.9 Å². The maximum absolute atomic E-state index is 12.4. The van der Waals surface area contributed by atoms with Crippen molar-refractivity contribution in [3.05, 3.63) is 89.2 Å². The van der Waals surface area contributed by atoms with Crippen molar-refractivity contribution in [2.24, 2.45) is 0 Å². The molecule has 4 nitrogen and oxygen atoms in total. The van der Waals surface area contributed by atoms with Crippen LogP contribution in [0.5, 0.6) is 0 Å². The van der Waals surface area contributed by atoms with Gasteiger partial charge in [0.1, 0.15) is 0 Å². The van der Waals surface area contributed by atoms with E-state index in [1.165, 1.54) is 5.56 Å². The summed E-state index contributed by atoms with van der Waals surface area (Å²) in [4.78, 5) is 16.6. The van der Waals surface area contributed by atoms with Crippen LogP contribution in [0, 0.1) is 0 Å². The molecule has 1 heterocycles. The Balaban J connectivity index is 1.70. The molecule has 0 bridgehead atoms. The Labute approximate surface area is 151 Å². The lowest BCUT2D eigenvalue weighted by molar-refractivity contribution is 0.102. The minimum Gasteiger partial charge on any atom is -0.377 e. The number of hydrogen-bond donors (Lipinski definition) is 2. The summed E-state index contributed by atoms with van der Waals surface area (Å²) < 4.78 is 0. The normalized spacial score (nSPS) is 11.6. The van der Waals surface area contributed by atoms with E-state index in [1.807, 2.05) is 18.2 Å². The minimum atomic E-state index is -0.217. The highest BCUT2D eigenvalue weighted by Gasteiger charge is 2.10. The van der Waals surface area contributed by atoms with Gasteiger partial charge in [-0.3, -0.25) is 9.78 Å². The maximum atomic E-state index is 12.4. The molecular weight excluding hydrogens is 334 g/mol. The molecule has 0 saturated carbocycles. The number of halogens is 1. The number of nitrogens with one attached hydrogen (secondary N) is 2. The van der Waals surface area contributed by atoms with Gasteiger partial charge in [0.05, 0.1) is 11.3 Å². The average molecular weight is 352 g/mol. The second kappa shape index (κ2) is 7.81. The molecule has 3 rings (SSSR count). The first kappa shape index (κ1) is 17.0. The van der Waals surface area contributed by atoms with Gasteiger partial charge in [-0.1, -0.05) is 41.9 Å². The Morgan fingerprint density at radius 3 is 2.44 bits per heavy atom. The zero-order chi connectivity index (χ0) is 17.6. The molecule has 2 aromatic carbocycles. The van der Waals surface area contributed by atoms with Crippen molar-refractivity contribution in [3.8, 4) is 0 Å². The predicted octanol–water partition coefficient (Wildman–Crippen LogP) is 5.16. The van der Waals surface area contributed by atoms with Gasteiger partial charge in [0.15, 0.2) is 0 Å². The van der Waals surface area contributed by atoms with Gasteiger partial charge in [-0.05, 0) is 42.8 Å². The highest BCUT2D eigenvalue weighted by Crippen LogP contribution is 2.20. The van der Waals surface area contributed by atoms with Crippen molar-refractivity contribution in [2.45, 2.75) is 13.0 Å². The standard InChI is InChI=1S/C20H18ClN3O/c1-14(15-5-3-2-4-6-15)23-19-11-16(12-22-13-19)20(25)24-18-9-7-17(21)8-10-18/h2-14,23H,1H3,(H,24,25). The number of carbonyl (C=O) groups is 1. The summed E-state index contributed by atoms with van der Waals surface area (Å²) in [6.07, 6.45) is 3.25. The fraction of sp³-hybridized carbons (Fsp3) is 0.100. The molecular formula is C20H18ClN3O. The Bertz CT molecular complexity index is 850. The third-order valence-electron chi connectivity index (χ3n) is 3.79. The van der Waals surface area contributed by atoms with Crippen LogP contribution in [0.15, 0.2) is 73.1 Å². The van der Waals surface area contributed by atoms with Crippen LogP contribution >= 0.6 is 11.6 Å². The van der Waals surface area contributed by atoms with E-state index in [2.05, 4.69) is 34.7 Å². The molecule has 0 spiro atoms. The molecule has 2 N–H and O–H groups in total. The van der Waals surface area contributed by atoms with Crippen molar-refractivity contribution in [2.75, 3.05) is 10.6 Å². The molecule has 1 amide bonds. The number of anilines is 2. The molecule has 1 aromatic heterocycles. The lowest BCUT2D eigenvalue weighted by atomic mass is 10.1. The number of carbonyl (C=O) groups excluding carboxylic acids is 1. The van der Waals surface area contributed by atoms with E-state index in [0.29, 0.717) is 16.3 Å². The quantitative estimate of drug-likeness (QED) is 0.667. The second-order valence-corrected chi connectivity index (χ2v) is 6.14. The van der Waals surface area contributed by atoms with Crippen molar-refractivity contribution in [1.82, 2.24) is 4.98 Å². The van der Waals surface area contributed by atoms with E-state index in [0.717, 1.165) is 5.69 Å². The van der Waals surface area contributed by atoms with Gasteiger partial charge in [0.2, 0.25) is 0 Å².